The second-order valence-electron chi connectivity index (χ2n) is 25.6. The second-order valence-corrected chi connectivity index (χ2v) is 25.6. The number of benzene rings is 6. The first-order chi connectivity index (χ1) is 50.0. The van der Waals surface area contributed by atoms with Gasteiger partial charge in [0.25, 0.3) is 11.6 Å². The van der Waals surface area contributed by atoms with Crippen LogP contribution in [0.15, 0.2) is 146 Å². The number of fused-ring (bicyclic) bond motifs is 2. The van der Waals surface area contributed by atoms with Gasteiger partial charge in [-0.1, -0.05) is 11.3 Å². The second kappa shape index (κ2) is 37.0. The van der Waals surface area contributed by atoms with Crippen molar-refractivity contribution in [2.24, 2.45) is 20.5 Å². The van der Waals surface area contributed by atoms with Crippen LogP contribution in [0.4, 0.5) is 39.8 Å². The fraction of sp³-hybridized carbons (Fsp3) is 0.411. The predicted octanol–water partition coefficient (Wildman–Crippen LogP) is 6.81. The van der Waals surface area contributed by atoms with Crippen LogP contribution in [0.1, 0.15) is 71.4 Å². The summed E-state index contributed by atoms with van der Waals surface area (Å²) in [6.45, 7) is 2.00. The van der Waals surface area contributed by atoms with Crippen LogP contribution in [-0.4, -0.2) is 204 Å². The fourth-order valence-corrected chi connectivity index (χ4v) is 11.5. The highest BCUT2D eigenvalue weighted by Crippen LogP contribution is 2.44. The molecule has 0 radical (unpaired) electrons. The first-order valence-electron chi connectivity index (χ1n) is 34.0. The van der Waals surface area contributed by atoms with Gasteiger partial charge in [-0.25, -0.2) is 4.58 Å². The highest BCUT2D eigenvalue weighted by atomic mass is 16.7. The van der Waals surface area contributed by atoms with Crippen LogP contribution in [0.2, 0.25) is 0 Å². The molecule has 6 atom stereocenters. The van der Waals surface area contributed by atoms with Crippen molar-refractivity contribution >= 4 is 74.5 Å². The van der Waals surface area contributed by atoms with Crippen molar-refractivity contribution < 1.29 is 72.6 Å². The number of nitro benzene ring substituents is 1. The third kappa shape index (κ3) is 20.8. The van der Waals surface area contributed by atoms with Gasteiger partial charge in [0, 0.05) is 129 Å². The summed E-state index contributed by atoms with van der Waals surface area (Å²) in [5.41, 5.74) is 5.80. The van der Waals surface area contributed by atoms with Crippen molar-refractivity contribution in [3.63, 3.8) is 0 Å². The number of aryl methyl sites for hydroxylation is 1. The molecule has 31 heteroatoms. The van der Waals surface area contributed by atoms with Crippen LogP contribution in [-0.2, 0) is 37.0 Å². The largest absolute Gasteiger partial charge is 0.545 e. The van der Waals surface area contributed by atoms with Gasteiger partial charge < -0.3 is 84.0 Å². The van der Waals surface area contributed by atoms with Gasteiger partial charge >= 0.3 is 0 Å². The molecule has 0 bridgehead atoms. The number of carboxylic acids is 1. The quantitative estimate of drug-likeness (QED) is 0.00586. The number of nitrogens with one attached hydrogen (secondary N) is 3. The molecule has 0 spiro atoms. The summed E-state index contributed by atoms with van der Waals surface area (Å²) in [5, 5.41) is 91.9. The molecular formula is C73H89N15O16. The fourth-order valence-electron chi connectivity index (χ4n) is 11.5. The van der Waals surface area contributed by atoms with Gasteiger partial charge in [0.2, 0.25) is 17.2 Å². The van der Waals surface area contributed by atoms with E-state index in [9.17, 15) is 49.7 Å². The number of aliphatic hydroxyl groups excluding tert-OH is 3. The van der Waals surface area contributed by atoms with E-state index >= 15 is 0 Å². The van der Waals surface area contributed by atoms with E-state index < -0.39 is 59.5 Å². The number of anilines is 2. The number of hydrogen-bond donors (Lipinski definition) is 6. The molecule has 3 heterocycles. The number of nitro groups is 1. The number of aliphatic hydroxyl groups is 3. The molecule has 552 valence electrons. The number of amides is 3. The maximum Gasteiger partial charge on any atom is 0.269 e. The van der Waals surface area contributed by atoms with Crippen LogP contribution in [0.5, 0.6) is 11.5 Å². The zero-order valence-electron chi connectivity index (χ0n) is 59.6. The summed E-state index contributed by atoms with van der Waals surface area (Å²) in [4.78, 5) is 70.2. The molecule has 0 saturated carbocycles. The maximum absolute atomic E-state index is 14.1. The van der Waals surface area contributed by atoms with Crippen molar-refractivity contribution in [3.8, 4) is 33.9 Å². The number of carbonyl (C=O) groups is 4. The Labute approximate surface area is 600 Å². The van der Waals surface area contributed by atoms with E-state index in [4.69, 9.17) is 28.1 Å². The lowest BCUT2D eigenvalue weighted by Gasteiger charge is -2.40. The number of rotatable bonds is 36. The van der Waals surface area contributed by atoms with Crippen LogP contribution >= 0.6 is 0 Å². The Morgan fingerprint density at radius 1 is 0.731 bits per heavy atom. The summed E-state index contributed by atoms with van der Waals surface area (Å²) < 4.78 is 38.4. The topological polar surface area (TPSA) is 383 Å². The van der Waals surface area contributed by atoms with Crippen molar-refractivity contribution in [1.82, 2.24) is 40.4 Å². The van der Waals surface area contributed by atoms with E-state index in [2.05, 4.69) is 46.7 Å². The Morgan fingerprint density at radius 2 is 1.40 bits per heavy atom. The van der Waals surface area contributed by atoms with Crippen molar-refractivity contribution in [1.29, 1.82) is 0 Å². The van der Waals surface area contributed by atoms with Crippen molar-refractivity contribution in [2.45, 2.75) is 94.8 Å². The lowest BCUT2D eigenvalue weighted by molar-refractivity contribution is -0.384. The number of azo groups is 2. The number of non-ortho nitro benzene ring substituents is 1. The summed E-state index contributed by atoms with van der Waals surface area (Å²) in [6.07, 6.45) is -2.08. The molecule has 2 aliphatic heterocycles. The van der Waals surface area contributed by atoms with E-state index in [0.717, 1.165) is 29.7 Å². The highest BCUT2D eigenvalue weighted by molar-refractivity contribution is 6.09. The van der Waals surface area contributed by atoms with E-state index in [1.807, 2.05) is 117 Å². The van der Waals surface area contributed by atoms with Gasteiger partial charge in [0.1, 0.15) is 84.5 Å². The minimum absolute atomic E-state index is 0.0342. The van der Waals surface area contributed by atoms with Crippen molar-refractivity contribution in [2.75, 3.05) is 113 Å². The summed E-state index contributed by atoms with van der Waals surface area (Å²) in [7, 11) is 16.4. The zero-order chi connectivity index (χ0) is 74.6. The molecule has 1 aliphatic carbocycles. The van der Waals surface area contributed by atoms with Gasteiger partial charge in [0.05, 0.1) is 68.6 Å². The molecule has 31 nitrogen and oxygen atoms in total. The van der Waals surface area contributed by atoms with Crippen LogP contribution in [0, 0.1) is 10.1 Å². The number of ether oxygens (including phenoxy) is 5. The molecular weight excluding hydrogens is 1340 g/mol. The van der Waals surface area contributed by atoms with Crippen LogP contribution < -0.4 is 50.3 Å². The number of carboxylic acid groups (broad SMARTS) is 1. The maximum atomic E-state index is 14.1. The first-order valence-corrected chi connectivity index (χ1v) is 34.0. The van der Waals surface area contributed by atoms with Gasteiger partial charge in [-0.05, 0) is 131 Å². The standard InChI is InChI=1S/C73H89N15O16/c1-83(2)33-11-10-15-57(76-70(93)45-17-28-53(56(37-45)72(95)96)66-54-29-26-51(84(3)4)38-60(54)103-61-39-52(85(5)6)27-30-55(61)66)71(94)75-31-13-35-87-42-48(79-82-87)43-101-44-64-67(90)68(91)69(92)73(104-64)102-36-14-32-74-65(89)16-12-34-86(7)49-22-18-46(19-23-49)77-80-58-40-63(100-9)59(41-62(58)99-8)81-78-47-20-24-50(25-21-47)88(97)98/h17-30,37-42,57,64,67-69,73,90-92H,10-16,31-36,43-44H2,1-9H3,(H3-,74,75,76,89,93,94,95,96)/t57-,64+,67+,68-,69+,73+/m0/s1. The smallest absolute Gasteiger partial charge is 0.269 e. The normalized spacial score (nSPS) is 16.3. The Balaban J connectivity index is 0.683. The Hall–Kier alpha value is -10.7. The van der Waals surface area contributed by atoms with Gasteiger partial charge in [0.15, 0.2) is 6.29 Å². The minimum Gasteiger partial charge on any atom is -0.545 e. The molecule has 1 fully saturated rings. The minimum atomic E-state index is -1.60. The average molecular weight is 1430 g/mol. The number of unbranched alkanes of at least 4 members (excludes halogenated alkanes) is 1. The summed E-state index contributed by atoms with van der Waals surface area (Å²) in [6, 6.07) is 31.1. The third-order valence-electron chi connectivity index (χ3n) is 17.3. The highest BCUT2D eigenvalue weighted by Gasteiger charge is 2.44. The lowest BCUT2D eigenvalue weighted by Crippen LogP contribution is -2.59. The Morgan fingerprint density at radius 3 is 2.06 bits per heavy atom. The Bertz CT molecular complexity index is 4370. The molecule has 6 aromatic rings. The SMILES string of the molecule is COc1cc(N=Nc2ccc([N+](=O)[O-])cc2)c(OC)cc1N=Nc1ccc(N(C)CCCC(=O)NCCCO[C@@H]2O[C@H](COCc3cn(CCCNC(=O)[C@H](CCCCN(C)C)NC(=O)c4ccc(-c5c6ccc(=[N+](C)C)cc-6oc6cc(N(C)C)ccc56)c(C(=O)[O-])c4)nn3)[C@@H](O)[C@H](O)[C@H]2O)cc1. The van der Waals surface area contributed by atoms with Crippen molar-refractivity contribution in [3.05, 3.63) is 154 Å². The predicted molar refractivity (Wildman–Crippen MR) is 385 cm³/mol. The number of carbonyl (C=O) groups excluding carboxylic acids is 4. The van der Waals surface area contributed by atoms with Gasteiger partial charge in [-0.3, -0.25) is 29.2 Å². The lowest BCUT2D eigenvalue weighted by atomic mass is 9.89. The third-order valence-corrected chi connectivity index (χ3v) is 17.3. The van der Waals surface area contributed by atoms with E-state index in [0.29, 0.717) is 119 Å². The number of nitrogens with zero attached hydrogens (tertiary/aromatic N) is 12. The van der Waals surface area contributed by atoms with E-state index in [1.54, 1.807) is 47.3 Å². The first kappa shape index (κ1) is 77.5. The molecule has 1 saturated heterocycles. The molecule has 0 unspecified atom stereocenters. The Kier molecular flexibility index (Phi) is 27.5. The van der Waals surface area contributed by atoms with E-state index in [-0.39, 0.29) is 62.1 Å². The average Bonchev–Trinajstić information content (AvgIpc) is 0.769. The molecule has 1 aromatic heterocycles. The molecule has 3 amide bonds. The molecule has 104 heavy (non-hydrogen) atoms. The van der Waals surface area contributed by atoms with Gasteiger partial charge in [-0.15, -0.1) is 15.3 Å². The number of methoxy groups -OCH3 is 2. The molecule has 5 aromatic carbocycles. The number of aromatic carboxylic acids is 1. The van der Waals surface area contributed by atoms with Crippen LogP contribution in [0.25, 0.3) is 33.4 Å². The van der Waals surface area contributed by atoms with Gasteiger partial charge in [-0.2, -0.15) is 10.2 Å². The number of hydrogen-bond acceptors (Lipinski definition) is 25. The monoisotopic (exact) mass is 1430 g/mol. The zero-order valence-corrected chi connectivity index (χ0v) is 59.6. The molecule has 6 N–H and O–H groups in total. The summed E-state index contributed by atoms with van der Waals surface area (Å²) >= 11 is 0. The molecule has 9 rings (SSSR count). The number of aromatic nitrogens is 3. The van der Waals surface area contributed by atoms with E-state index in [1.165, 1.54) is 44.6 Å². The molecule has 3 aliphatic rings. The summed E-state index contributed by atoms with van der Waals surface area (Å²) in [5.74, 6) is -1.44. The van der Waals surface area contributed by atoms with Crippen LogP contribution in [0.3, 0.4) is 0 Å².